The minimum Gasteiger partial charge on any atom is -0.489 e. The molecule has 0 atom stereocenters. The van der Waals surface area contributed by atoms with E-state index in [0.29, 0.717) is 46.5 Å². The van der Waals surface area contributed by atoms with Gasteiger partial charge < -0.3 is 14.9 Å². The summed E-state index contributed by atoms with van der Waals surface area (Å²) < 4.78 is 5.54. The average Bonchev–Trinajstić information content (AvgIpc) is 2.42. The van der Waals surface area contributed by atoms with Gasteiger partial charge in [-0.05, 0) is 31.7 Å². The standard InChI is InChI=1S/C14H15Cl3O4/c15-9-5-11(17)12(6-10(9)16)21-7-14(20)3-1-8(2-4-14)13(18)19/h5-6,8,20H,1-4,7H2,(H,18,19). The van der Waals surface area contributed by atoms with E-state index in [9.17, 15) is 9.90 Å². The van der Waals surface area contributed by atoms with Gasteiger partial charge in [-0.2, -0.15) is 0 Å². The van der Waals surface area contributed by atoms with Gasteiger partial charge in [0, 0.05) is 6.07 Å². The molecule has 1 aliphatic rings. The summed E-state index contributed by atoms with van der Waals surface area (Å²) in [7, 11) is 0. The Hall–Kier alpha value is -0.680. The molecule has 7 heteroatoms. The van der Waals surface area contributed by atoms with Gasteiger partial charge in [0.1, 0.15) is 12.4 Å². The van der Waals surface area contributed by atoms with Crippen LogP contribution in [0.3, 0.4) is 0 Å². The van der Waals surface area contributed by atoms with E-state index in [1.165, 1.54) is 12.1 Å². The van der Waals surface area contributed by atoms with Crippen LogP contribution in [-0.4, -0.2) is 28.4 Å². The molecule has 4 nitrogen and oxygen atoms in total. The van der Waals surface area contributed by atoms with Crippen molar-refractivity contribution in [2.24, 2.45) is 5.92 Å². The zero-order valence-electron chi connectivity index (χ0n) is 11.1. The first-order chi connectivity index (χ1) is 9.81. The summed E-state index contributed by atoms with van der Waals surface area (Å²) in [5.41, 5.74) is -1.04. The second-order valence-corrected chi connectivity index (χ2v) is 6.54. The van der Waals surface area contributed by atoms with Crippen LogP contribution < -0.4 is 4.74 Å². The number of aliphatic carboxylic acids is 1. The number of aliphatic hydroxyl groups is 1. The highest BCUT2D eigenvalue weighted by Crippen LogP contribution is 2.36. The Morgan fingerprint density at radius 1 is 1.19 bits per heavy atom. The number of carboxylic acids is 1. The summed E-state index contributed by atoms with van der Waals surface area (Å²) in [6.07, 6.45) is 1.63. The Labute approximate surface area is 137 Å². The molecule has 0 spiro atoms. The summed E-state index contributed by atoms with van der Waals surface area (Å²) in [5, 5.41) is 20.3. The van der Waals surface area contributed by atoms with E-state index in [4.69, 9.17) is 44.6 Å². The van der Waals surface area contributed by atoms with Crippen LogP contribution in [0.2, 0.25) is 15.1 Å². The molecule has 0 aromatic heterocycles. The summed E-state index contributed by atoms with van der Waals surface area (Å²) >= 11 is 17.7. The molecule has 0 heterocycles. The Kier molecular flexibility index (Phi) is 5.25. The maximum Gasteiger partial charge on any atom is 0.306 e. The molecule has 2 rings (SSSR count). The molecule has 116 valence electrons. The van der Waals surface area contributed by atoms with E-state index >= 15 is 0 Å². The quantitative estimate of drug-likeness (QED) is 0.802. The highest BCUT2D eigenvalue weighted by Gasteiger charge is 2.36. The van der Waals surface area contributed by atoms with Crippen LogP contribution in [0.5, 0.6) is 5.75 Å². The maximum atomic E-state index is 10.9. The number of ether oxygens (including phenoxy) is 1. The first-order valence-corrected chi connectivity index (χ1v) is 7.67. The van der Waals surface area contributed by atoms with Crippen molar-refractivity contribution in [3.63, 3.8) is 0 Å². The lowest BCUT2D eigenvalue weighted by molar-refractivity contribution is -0.145. The van der Waals surface area contributed by atoms with E-state index in [1.54, 1.807) is 0 Å². The fourth-order valence-corrected chi connectivity index (χ4v) is 2.96. The molecular weight excluding hydrogens is 339 g/mol. The van der Waals surface area contributed by atoms with E-state index < -0.39 is 11.6 Å². The molecule has 0 amide bonds. The fraction of sp³-hybridized carbons (Fsp3) is 0.500. The van der Waals surface area contributed by atoms with Crippen molar-refractivity contribution >= 4 is 40.8 Å². The van der Waals surface area contributed by atoms with Gasteiger partial charge in [0.15, 0.2) is 0 Å². The SMILES string of the molecule is O=C(O)C1CCC(O)(COc2cc(Cl)c(Cl)cc2Cl)CC1. The molecule has 1 aliphatic carbocycles. The zero-order valence-corrected chi connectivity index (χ0v) is 13.4. The number of benzene rings is 1. The Balaban J connectivity index is 1.97. The molecule has 0 saturated heterocycles. The molecular formula is C14H15Cl3O4. The molecule has 21 heavy (non-hydrogen) atoms. The summed E-state index contributed by atoms with van der Waals surface area (Å²) in [6.45, 7) is 0.0387. The van der Waals surface area contributed by atoms with Crippen molar-refractivity contribution in [2.45, 2.75) is 31.3 Å². The lowest BCUT2D eigenvalue weighted by atomic mass is 9.79. The Morgan fingerprint density at radius 3 is 2.33 bits per heavy atom. The summed E-state index contributed by atoms with van der Waals surface area (Å²) in [6, 6.07) is 2.98. The minimum absolute atomic E-state index is 0.0387. The van der Waals surface area contributed by atoms with Gasteiger partial charge in [0.05, 0.1) is 26.6 Å². The molecule has 2 N–H and O–H groups in total. The Bertz CT molecular complexity index is 539. The van der Waals surface area contributed by atoms with Gasteiger partial charge in [-0.1, -0.05) is 34.8 Å². The molecule has 1 fully saturated rings. The molecule has 1 aromatic carbocycles. The smallest absolute Gasteiger partial charge is 0.306 e. The van der Waals surface area contributed by atoms with Gasteiger partial charge in [0.25, 0.3) is 0 Å². The maximum absolute atomic E-state index is 10.9. The third kappa shape index (κ3) is 4.16. The number of carboxylic acid groups (broad SMARTS) is 1. The van der Waals surface area contributed by atoms with Gasteiger partial charge in [0.2, 0.25) is 0 Å². The summed E-state index contributed by atoms with van der Waals surface area (Å²) in [5.74, 6) is -0.857. The van der Waals surface area contributed by atoms with E-state index in [0.717, 1.165) is 0 Å². The van der Waals surface area contributed by atoms with E-state index in [-0.39, 0.29) is 12.5 Å². The third-order valence-corrected chi connectivity index (χ3v) is 4.75. The number of hydrogen-bond donors (Lipinski definition) is 2. The molecule has 1 aromatic rings. The average molecular weight is 354 g/mol. The highest BCUT2D eigenvalue weighted by molar-refractivity contribution is 6.43. The minimum atomic E-state index is -1.04. The first-order valence-electron chi connectivity index (χ1n) is 6.53. The van der Waals surface area contributed by atoms with Crippen LogP contribution in [0, 0.1) is 5.92 Å². The highest BCUT2D eigenvalue weighted by atomic mass is 35.5. The predicted molar refractivity (Wildman–Crippen MR) is 81.5 cm³/mol. The van der Waals surface area contributed by atoms with Gasteiger partial charge in [-0.3, -0.25) is 4.79 Å². The van der Waals surface area contributed by atoms with Crippen molar-refractivity contribution in [1.29, 1.82) is 0 Å². The van der Waals surface area contributed by atoms with Crippen molar-refractivity contribution in [1.82, 2.24) is 0 Å². The Morgan fingerprint density at radius 2 is 1.76 bits per heavy atom. The van der Waals surface area contributed by atoms with Crippen LogP contribution in [0.1, 0.15) is 25.7 Å². The van der Waals surface area contributed by atoms with Crippen molar-refractivity contribution < 1.29 is 19.7 Å². The van der Waals surface area contributed by atoms with Gasteiger partial charge in [-0.25, -0.2) is 0 Å². The van der Waals surface area contributed by atoms with E-state index in [2.05, 4.69) is 0 Å². The fourth-order valence-electron chi connectivity index (χ4n) is 2.37. The van der Waals surface area contributed by atoms with Gasteiger partial charge >= 0.3 is 5.97 Å². The van der Waals surface area contributed by atoms with Crippen LogP contribution in [0.25, 0.3) is 0 Å². The topological polar surface area (TPSA) is 66.8 Å². The number of halogens is 3. The monoisotopic (exact) mass is 352 g/mol. The summed E-state index contributed by atoms with van der Waals surface area (Å²) in [4.78, 5) is 10.9. The second kappa shape index (κ2) is 6.61. The number of carbonyl (C=O) groups is 1. The van der Waals surface area contributed by atoms with Crippen LogP contribution in [-0.2, 0) is 4.79 Å². The lowest BCUT2D eigenvalue weighted by Gasteiger charge is -2.34. The van der Waals surface area contributed by atoms with Crippen LogP contribution in [0.4, 0.5) is 0 Å². The largest absolute Gasteiger partial charge is 0.489 e. The third-order valence-electron chi connectivity index (χ3n) is 3.74. The lowest BCUT2D eigenvalue weighted by Crippen LogP contribution is -2.41. The normalized spacial score (nSPS) is 25.6. The van der Waals surface area contributed by atoms with Crippen LogP contribution >= 0.6 is 34.8 Å². The predicted octanol–water partition coefficient (Wildman–Crippen LogP) is 4.03. The van der Waals surface area contributed by atoms with E-state index in [1.807, 2.05) is 0 Å². The first kappa shape index (κ1) is 16.7. The molecule has 0 aliphatic heterocycles. The van der Waals surface area contributed by atoms with Gasteiger partial charge in [-0.15, -0.1) is 0 Å². The number of rotatable bonds is 4. The molecule has 0 radical (unpaired) electrons. The molecule has 1 saturated carbocycles. The zero-order chi connectivity index (χ0) is 15.6. The molecule has 0 bridgehead atoms. The van der Waals surface area contributed by atoms with Crippen molar-refractivity contribution in [2.75, 3.05) is 6.61 Å². The second-order valence-electron chi connectivity index (χ2n) is 5.32. The number of hydrogen-bond acceptors (Lipinski definition) is 3. The van der Waals surface area contributed by atoms with Crippen LogP contribution in [0.15, 0.2) is 12.1 Å². The van der Waals surface area contributed by atoms with Crippen molar-refractivity contribution in [3.8, 4) is 5.75 Å². The van der Waals surface area contributed by atoms with Crippen molar-refractivity contribution in [3.05, 3.63) is 27.2 Å². The molecule has 0 unspecified atom stereocenters.